The van der Waals surface area contributed by atoms with Gasteiger partial charge < -0.3 is 19.9 Å². The number of carbonyl (C=O) groups is 3. The Hall–Kier alpha value is -2.83. The van der Waals surface area contributed by atoms with E-state index in [1.54, 1.807) is 30.6 Å². The summed E-state index contributed by atoms with van der Waals surface area (Å²) in [7, 11) is 0. The van der Waals surface area contributed by atoms with E-state index in [1.807, 2.05) is 30.3 Å². The highest BCUT2D eigenvalue weighted by molar-refractivity contribution is 5.99. The Morgan fingerprint density at radius 3 is 2.19 bits per heavy atom. The largest absolute Gasteiger partial charge is 0.481 e. The van der Waals surface area contributed by atoms with Crippen molar-refractivity contribution in [1.82, 2.24) is 14.8 Å². The molecular formula is C20H25N3O4. The first kappa shape index (κ1) is 18.9. The van der Waals surface area contributed by atoms with Crippen LogP contribution < -0.4 is 0 Å². The van der Waals surface area contributed by atoms with Crippen LogP contribution in [0.1, 0.15) is 31.3 Å². The second kappa shape index (κ2) is 7.06. The maximum absolute atomic E-state index is 12.7. The SMILES string of the molecule is CC(C)(C)C(C(=O)O)C(=O)N1CCN(C(=O)c2cc3ccccc3[nH]2)CC1. The second-order valence-corrected chi connectivity index (χ2v) is 8.03. The van der Waals surface area contributed by atoms with Crippen molar-refractivity contribution in [2.24, 2.45) is 11.3 Å². The van der Waals surface area contributed by atoms with Crippen LogP contribution in [0.15, 0.2) is 30.3 Å². The monoisotopic (exact) mass is 371 g/mol. The highest BCUT2D eigenvalue weighted by Crippen LogP contribution is 2.28. The molecule has 0 saturated carbocycles. The van der Waals surface area contributed by atoms with Crippen LogP contribution in [-0.4, -0.2) is 63.9 Å². The minimum absolute atomic E-state index is 0.107. The molecule has 144 valence electrons. The Morgan fingerprint density at radius 2 is 1.63 bits per heavy atom. The molecule has 0 aliphatic carbocycles. The summed E-state index contributed by atoms with van der Waals surface area (Å²) < 4.78 is 0. The number of nitrogens with zero attached hydrogens (tertiary/aromatic N) is 2. The number of aromatic nitrogens is 1. The molecule has 2 aromatic rings. The van der Waals surface area contributed by atoms with Crippen LogP contribution in [0.25, 0.3) is 10.9 Å². The molecule has 0 bridgehead atoms. The van der Waals surface area contributed by atoms with E-state index in [9.17, 15) is 19.5 Å². The molecule has 3 rings (SSSR count). The molecule has 7 nitrogen and oxygen atoms in total. The number of H-pyrrole nitrogens is 1. The maximum atomic E-state index is 12.7. The molecule has 2 amide bonds. The number of rotatable bonds is 3. The highest BCUT2D eigenvalue weighted by Gasteiger charge is 2.41. The Kier molecular flexibility index (Phi) is 4.95. The van der Waals surface area contributed by atoms with E-state index >= 15 is 0 Å². The standard InChI is InChI=1S/C20H25N3O4/c1-20(2,3)16(19(26)27)18(25)23-10-8-22(9-11-23)17(24)15-12-13-6-4-5-7-14(13)21-15/h4-7,12,16,21H,8-11H2,1-3H3,(H,26,27). The van der Waals surface area contributed by atoms with Gasteiger partial charge in [0.25, 0.3) is 5.91 Å². The summed E-state index contributed by atoms with van der Waals surface area (Å²) in [5.74, 6) is -2.69. The number of fused-ring (bicyclic) bond motifs is 1. The molecule has 2 heterocycles. The van der Waals surface area contributed by atoms with Crippen LogP contribution in [-0.2, 0) is 9.59 Å². The lowest BCUT2D eigenvalue weighted by atomic mass is 9.79. The van der Waals surface area contributed by atoms with E-state index in [1.165, 1.54) is 0 Å². The normalized spacial score (nSPS) is 16.4. The van der Waals surface area contributed by atoms with Crippen molar-refractivity contribution in [2.75, 3.05) is 26.2 Å². The number of piperazine rings is 1. The van der Waals surface area contributed by atoms with Crippen LogP contribution in [0.4, 0.5) is 0 Å². The first-order chi connectivity index (χ1) is 12.7. The number of amides is 2. The van der Waals surface area contributed by atoms with Gasteiger partial charge in [-0.1, -0.05) is 39.0 Å². The number of carbonyl (C=O) groups excluding carboxylic acids is 2. The number of benzene rings is 1. The number of hydrogen-bond acceptors (Lipinski definition) is 3. The van der Waals surface area contributed by atoms with Crippen LogP contribution in [0, 0.1) is 11.3 Å². The van der Waals surface area contributed by atoms with Crippen LogP contribution in [0.5, 0.6) is 0 Å². The van der Waals surface area contributed by atoms with Gasteiger partial charge >= 0.3 is 5.97 Å². The van der Waals surface area contributed by atoms with Crippen molar-refractivity contribution in [3.8, 4) is 0 Å². The van der Waals surface area contributed by atoms with E-state index in [2.05, 4.69) is 4.98 Å². The fourth-order valence-corrected chi connectivity index (χ4v) is 3.52. The first-order valence-corrected chi connectivity index (χ1v) is 9.07. The van der Waals surface area contributed by atoms with Gasteiger partial charge in [-0.3, -0.25) is 14.4 Å². The predicted molar refractivity (Wildman–Crippen MR) is 101 cm³/mol. The quantitative estimate of drug-likeness (QED) is 0.809. The zero-order chi connectivity index (χ0) is 19.8. The Morgan fingerprint density at radius 1 is 1.04 bits per heavy atom. The molecule has 1 aromatic heterocycles. The van der Waals surface area contributed by atoms with Crippen molar-refractivity contribution >= 4 is 28.7 Å². The van der Waals surface area contributed by atoms with Gasteiger partial charge in [-0.15, -0.1) is 0 Å². The topological polar surface area (TPSA) is 93.7 Å². The summed E-state index contributed by atoms with van der Waals surface area (Å²) in [6.07, 6.45) is 0. The summed E-state index contributed by atoms with van der Waals surface area (Å²) in [4.78, 5) is 43.4. The Balaban J connectivity index is 1.66. The van der Waals surface area contributed by atoms with Gasteiger partial charge in [0.05, 0.1) is 0 Å². The number of carboxylic acid groups (broad SMARTS) is 1. The number of hydrogen-bond donors (Lipinski definition) is 2. The van der Waals surface area contributed by atoms with Crippen LogP contribution in [0.3, 0.4) is 0 Å². The number of nitrogens with one attached hydrogen (secondary N) is 1. The van der Waals surface area contributed by atoms with E-state index in [-0.39, 0.29) is 11.8 Å². The van der Waals surface area contributed by atoms with Gasteiger partial charge in [0.2, 0.25) is 5.91 Å². The summed E-state index contributed by atoms with van der Waals surface area (Å²) in [6, 6.07) is 9.52. The predicted octanol–water partition coefficient (Wildman–Crippen LogP) is 2.20. The summed E-state index contributed by atoms with van der Waals surface area (Å²) in [5, 5.41) is 10.4. The molecule has 1 aromatic carbocycles. The summed E-state index contributed by atoms with van der Waals surface area (Å²) in [6.45, 7) is 6.69. The van der Waals surface area contributed by atoms with Crippen LogP contribution in [0.2, 0.25) is 0 Å². The van der Waals surface area contributed by atoms with Gasteiger partial charge in [-0.2, -0.15) is 0 Å². The molecule has 1 saturated heterocycles. The van der Waals surface area contributed by atoms with Gasteiger partial charge in [-0.25, -0.2) is 0 Å². The molecule has 0 radical (unpaired) electrons. The van der Waals surface area contributed by atoms with E-state index in [0.717, 1.165) is 10.9 Å². The molecule has 1 atom stereocenters. The second-order valence-electron chi connectivity index (χ2n) is 8.03. The third kappa shape index (κ3) is 3.82. The lowest BCUT2D eigenvalue weighted by molar-refractivity contribution is -0.156. The average molecular weight is 371 g/mol. The molecule has 1 unspecified atom stereocenters. The van der Waals surface area contributed by atoms with Crippen molar-refractivity contribution < 1.29 is 19.5 Å². The van der Waals surface area contributed by atoms with E-state index in [4.69, 9.17) is 0 Å². The molecule has 2 N–H and O–H groups in total. The van der Waals surface area contributed by atoms with Gasteiger partial charge in [0.1, 0.15) is 11.6 Å². The Bertz CT molecular complexity index is 840. The fourth-order valence-electron chi connectivity index (χ4n) is 3.52. The number of para-hydroxylation sites is 1. The number of carboxylic acids is 1. The highest BCUT2D eigenvalue weighted by atomic mass is 16.4. The van der Waals surface area contributed by atoms with Gasteiger partial charge in [0.15, 0.2) is 0 Å². The van der Waals surface area contributed by atoms with Crippen LogP contribution >= 0.6 is 0 Å². The smallest absolute Gasteiger partial charge is 0.316 e. The number of aliphatic carboxylic acids is 1. The van der Waals surface area contributed by atoms with Crippen molar-refractivity contribution in [3.63, 3.8) is 0 Å². The van der Waals surface area contributed by atoms with Crippen molar-refractivity contribution in [2.45, 2.75) is 20.8 Å². The van der Waals surface area contributed by atoms with E-state index < -0.39 is 17.3 Å². The molecule has 1 fully saturated rings. The van der Waals surface area contributed by atoms with Crippen molar-refractivity contribution in [3.05, 3.63) is 36.0 Å². The lowest BCUT2D eigenvalue weighted by Crippen LogP contribution is -2.54. The third-order valence-electron chi connectivity index (χ3n) is 5.00. The van der Waals surface area contributed by atoms with E-state index in [0.29, 0.717) is 31.9 Å². The molecule has 27 heavy (non-hydrogen) atoms. The zero-order valence-electron chi connectivity index (χ0n) is 15.9. The maximum Gasteiger partial charge on any atom is 0.316 e. The lowest BCUT2D eigenvalue weighted by Gasteiger charge is -2.38. The minimum atomic E-state index is -1.11. The van der Waals surface area contributed by atoms with Crippen molar-refractivity contribution in [1.29, 1.82) is 0 Å². The molecule has 1 aliphatic rings. The number of aromatic amines is 1. The van der Waals surface area contributed by atoms with Gasteiger partial charge in [0, 0.05) is 37.1 Å². The van der Waals surface area contributed by atoms with Gasteiger partial charge in [-0.05, 0) is 17.5 Å². The fraction of sp³-hybridized carbons (Fsp3) is 0.450. The first-order valence-electron chi connectivity index (χ1n) is 9.07. The average Bonchev–Trinajstić information content (AvgIpc) is 3.03. The Labute approximate surface area is 157 Å². The molecule has 7 heteroatoms. The third-order valence-corrected chi connectivity index (χ3v) is 5.00. The molecule has 1 aliphatic heterocycles. The summed E-state index contributed by atoms with van der Waals surface area (Å²) in [5.41, 5.74) is 0.762. The molecular weight excluding hydrogens is 346 g/mol. The minimum Gasteiger partial charge on any atom is -0.481 e. The zero-order valence-corrected chi connectivity index (χ0v) is 15.9. The summed E-state index contributed by atoms with van der Waals surface area (Å²) >= 11 is 0. The molecule has 0 spiro atoms.